The number of hydrogen-bond donors (Lipinski definition) is 2. The molecule has 1 unspecified atom stereocenters. The zero-order valence-corrected chi connectivity index (χ0v) is 9.02. The molecule has 0 aromatic heterocycles. The first-order valence-corrected chi connectivity index (χ1v) is 5.48. The minimum atomic E-state index is -0.308. The van der Waals surface area contributed by atoms with Gasteiger partial charge in [-0.05, 0) is 19.3 Å². The predicted molar refractivity (Wildman–Crippen MR) is 56.3 cm³/mol. The van der Waals surface area contributed by atoms with Crippen molar-refractivity contribution in [2.24, 2.45) is 5.73 Å². The fourth-order valence-electron chi connectivity index (χ4n) is 1.72. The SMILES string of the molecule is NC1CCCN(CCCOCCO)C1=O. The number of nitrogens with zero attached hydrogens (tertiary/aromatic N) is 1. The van der Waals surface area contributed by atoms with Crippen molar-refractivity contribution < 1.29 is 14.6 Å². The van der Waals surface area contributed by atoms with E-state index >= 15 is 0 Å². The van der Waals surface area contributed by atoms with Crippen molar-refractivity contribution in [3.05, 3.63) is 0 Å². The summed E-state index contributed by atoms with van der Waals surface area (Å²) in [6.45, 7) is 2.52. The number of likely N-dealkylation sites (tertiary alicyclic amines) is 1. The van der Waals surface area contributed by atoms with Crippen molar-refractivity contribution in [2.45, 2.75) is 25.3 Å². The lowest BCUT2D eigenvalue weighted by Crippen LogP contribution is -2.48. The van der Waals surface area contributed by atoms with Crippen molar-refractivity contribution >= 4 is 5.91 Å². The molecule has 0 bridgehead atoms. The van der Waals surface area contributed by atoms with E-state index < -0.39 is 0 Å². The van der Waals surface area contributed by atoms with Gasteiger partial charge in [0.15, 0.2) is 0 Å². The molecule has 0 saturated carbocycles. The molecule has 1 fully saturated rings. The summed E-state index contributed by atoms with van der Waals surface area (Å²) in [6, 6.07) is -0.308. The number of amides is 1. The molecule has 0 aromatic carbocycles. The number of aliphatic hydroxyl groups excluding tert-OH is 1. The molecular weight excluding hydrogens is 196 g/mol. The zero-order chi connectivity index (χ0) is 11.1. The maximum atomic E-state index is 11.6. The fourth-order valence-corrected chi connectivity index (χ4v) is 1.72. The molecule has 1 aliphatic heterocycles. The highest BCUT2D eigenvalue weighted by Gasteiger charge is 2.24. The van der Waals surface area contributed by atoms with Crippen LogP contribution in [0.3, 0.4) is 0 Å². The Morgan fingerprint density at radius 3 is 3.07 bits per heavy atom. The van der Waals surface area contributed by atoms with Crippen molar-refractivity contribution in [1.82, 2.24) is 4.90 Å². The smallest absolute Gasteiger partial charge is 0.239 e. The van der Waals surface area contributed by atoms with Crippen LogP contribution in [0.5, 0.6) is 0 Å². The Morgan fingerprint density at radius 1 is 1.53 bits per heavy atom. The normalized spacial score (nSPS) is 22.1. The summed E-state index contributed by atoms with van der Waals surface area (Å²) < 4.78 is 5.12. The number of nitrogens with two attached hydrogens (primary N) is 1. The van der Waals surface area contributed by atoms with Crippen LogP contribution in [0.15, 0.2) is 0 Å². The summed E-state index contributed by atoms with van der Waals surface area (Å²) in [5.41, 5.74) is 5.67. The van der Waals surface area contributed by atoms with Crippen molar-refractivity contribution in [3.63, 3.8) is 0 Å². The minimum Gasteiger partial charge on any atom is -0.394 e. The summed E-state index contributed by atoms with van der Waals surface area (Å²) in [6.07, 6.45) is 2.60. The zero-order valence-electron chi connectivity index (χ0n) is 9.02. The largest absolute Gasteiger partial charge is 0.394 e. The number of piperidine rings is 1. The molecule has 1 atom stereocenters. The van der Waals surface area contributed by atoms with Gasteiger partial charge in [0, 0.05) is 19.7 Å². The fraction of sp³-hybridized carbons (Fsp3) is 0.900. The van der Waals surface area contributed by atoms with Crippen LogP contribution in [0.2, 0.25) is 0 Å². The number of ether oxygens (including phenoxy) is 1. The van der Waals surface area contributed by atoms with Gasteiger partial charge >= 0.3 is 0 Å². The number of hydrogen-bond acceptors (Lipinski definition) is 4. The molecule has 1 amide bonds. The average Bonchev–Trinajstić information content (AvgIpc) is 2.24. The van der Waals surface area contributed by atoms with E-state index in [2.05, 4.69) is 0 Å². The quantitative estimate of drug-likeness (QED) is 0.578. The topological polar surface area (TPSA) is 75.8 Å². The lowest BCUT2D eigenvalue weighted by molar-refractivity contribution is -0.135. The van der Waals surface area contributed by atoms with E-state index in [-0.39, 0.29) is 18.6 Å². The van der Waals surface area contributed by atoms with Gasteiger partial charge in [-0.3, -0.25) is 4.79 Å². The molecule has 0 aromatic rings. The van der Waals surface area contributed by atoms with Gasteiger partial charge in [0.05, 0.1) is 19.3 Å². The van der Waals surface area contributed by atoms with Gasteiger partial charge in [0.1, 0.15) is 0 Å². The van der Waals surface area contributed by atoms with Crippen LogP contribution in [0, 0.1) is 0 Å². The van der Waals surface area contributed by atoms with Gasteiger partial charge in [-0.25, -0.2) is 0 Å². The predicted octanol–water partition coefficient (Wildman–Crippen LogP) is -0.665. The Bertz CT molecular complexity index is 199. The summed E-state index contributed by atoms with van der Waals surface area (Å²) in [7, 11) is 0. The number of carbonyl (C=O) groups excluding carboxylic acids is 1. The second-order valence-electron chi connectivity index (χ2n) is 3.76. The van der Waals surface area contributed by atoms with E-state index in [4.69, 9.17) is 15.6 Å². The van der Waals surface area contributed by atoms with E-state index in [9.17, 15) is 4.79 Å². The maximum Gasteiger partial charge on any atom is 0.239 e. The van der Waals surface area contributed by atoms with Crippen LogP contribution in [0.25, 0.3) is 0 Å². The molecule has 1 rings (SSSR count). The lowest BCUT2D eigenvalue weighted by Gasteiger charge is -2.30. The van der Waals surface area contributed by atoms with Gasteiger partial charge in [-0.15, -0.1) is 0 Å². The van der Waals surface area contributed by atoms with Crippen LogP contribution >= 0.6 is 0 Å². The second-order valence-corrected chi connectivity index (χ2v) is 3.76. The van der Waals surface area contributed by atoms with Gasteiger partial charge in [0.2, 0.25) is 5.91 Å². The third-order valence-corrected chi connectivity index (χ3v) is 2.52. The Hall–Kier alpha value is -0.650. The molecule has 3 N–H and O–H groups in total. The molecule has 5 nitrogen and oxygen atoms in total. The van der Waals surface area contributed by atoms with Gasteiger partial charge in [-0.2, -0.15) is 0 Å². The summed E-state index contributed by atoms with van der Waals surface area (Å²) in [4.78, 5) is 13.4. The summed E-state index contributed by atoms with van der Waals surface area (Å²) in [5, 5.41) is 8.49. The first-order valence-electron chi connectivity index (χ1n) is 5.48. The molecule has 0 aliphatic carbocycles. The molecule has 1 aliphatic rings. The molecule has 1 saturated heterocycles. The van der Waals surface area contributed by atoms with Crippen LogP contribution in [-0.4, -0.2) is 54.9 Å². The number of aliphatic hydroxyl groups is 1. The second kappa shape index (κ2) is 6.76. The molecule has 1 heterocycles. The summed E-state index contributed by atoms with van der Waals surface area (Å²) in [5.74, 6) is 0.0587. The van der Waals surface area contributed by atoms with Gasteiger partial charge in [-0.1, -0.05) is 0 Å². The van der Waals surface area contributed by atoms with Crippen LogP contribution < -0.4 is 5.73 Å². The van der Waals surface area contributed by atoms with Crippen LogP contribution in [0.4, 0.5) is 0 Å². The van der Waals surface area contributed by atoms with E-state index in [1.807, 2.05) is 0 Å². The highest BCUT2D eigenvalue weighted by Crippen LogP contribution is 2.09. The van der Waals surface area contributed by atoms with Crippen LogP contribution in [-0.2, 0) is 9.53 Å². The first-order chi connectivity index (χ1) is 7.25. The average molecular weight is 216 g/mol. The first kappa shape index (κ1) is 12.4. The molecular formula is C10H20N2O3. The van der Waals surface area contributed by atoms with Crippen molar-refractivity contribution in [2.75, 3.05) is 32.9 Å². The van der Waals surface area contributed by atoms with Crippen molar-refractivity contribution in [3.8, 4) is 0 Å². The highest BCUT2D eigenvalue weighted by atomic mass is 16.5. The third-order valence-electron chi connectivity index (χ3n) is 2.52. The minimum absolute atomic E-state index is 0.0491. The van der Waals surface area contributed by atoms with E-state index in [1.54, 1.807) is 4.90 Å². The number of carbonyl (C=O) groups is 1. The molecule has 15 heavy (non-hydrogen) atoms. The Kier molecular flexibility index (Phi) is 5.60. The number of rotatable bonds is 6. The standard InChI is InChI=1S/C10H20N2O3/c11-9-3-1-4-12(10(9)14)5-2-7-15-8-6-13/h9,13H,1-8,11H2. The van der Waals surface area contributed by atoms with Crippen molar-refractivity contribution in [1.29, 1.82) is 0 Å². The van der Waals surface area contributed by atoms with Crippen LogP contribution in [0.1, 0.15) is 19.3 Å². The Morgan fingerprint density at radius 2 is 2.33 bits per heavy atom. The van der Waals surface area contributed by atoms with Gasteiger partial charge < -0.3 is 20.5 Å². The molecule has 0 spiro atoms. The van der Waals surface area contributed by atoms with E-state index in [0.717, 1.165) is 25.8 Å². The molecule has 88 valence electrons. The highest BCUT2D eigenvalue weighted by molar-refractivity contribution is 5.82. The summed E-state index contributed by atoms with van der Waals surface area (Å²) >= 11 is 0. The monoisotopic (exact) mass is 216 g/mol. The molecule has 0 radical (unpaired) electrons. The Balaban J connectivity index is 2.12. The molecule has 5 heteroatoms. The van der Waals surface area contributed by atoms with Gasteiger partial charge in [0.25, 0.3) is 0 Å². The van der Waals surface area contributed by atoms with E-state index in [0.29, 0.717) is 19.8 Å². The maximum absolute atomic E-state index is 11.6. The Labute approximate surface area is 90.2 Å². The third kappa shape index (κ3) is 4.15. The van der Waals surface area contributed by atoms with E-state index in [1.165, 1.54) is 0 Å². The lowest BCUT2D eigenvalue weighted by atomic mass is 10.1.